The van der Waals surface area contributed by atoms with Crippen molar-refractivity contribution in [3.63, 3.8) is 0 Å². The Morgan fingerprint density at radius 1 is 0.962 bits per heavy atom. The lowest BCUT2D eigenvalue weighted by Crippen LogP contribution is -2.41. The van der Waals surface area contributed by atoms with E-state index in [0.717, 1.165) is 30.6 Å². The predicted octanol–water partition coefficient (Wildman–Crippen LogP) is 5.14. The van der Waals surface area contributed by atoms with Crippen LogP contribution in [0.1, 0.15) is 90.4 Å². The van der Waals surface area contributed by atoms with Gasteiger partial charge in [-0.3, -0.25) is 4.90 Å². The highest BCUT2D eigenvalue weighted by atomic mass is 16.4. The number of nitrogens with zero attached hydrogens (tertiary/aromatic N) is 1. The molecule has 1 amide bonds. The Bertz CT molecular complexity index is 372. The summed E-state index contributed by atoms with van der Waals surface area (Å²) in [5.74, 6) is 0. The lowest BCUT2D eigenvalue weighted by atomic mass is 10.1. The lowest BCUT2D eigenvalue weighted by molar-refractivity contribution is -0.108. The Morgan fingerprint density at radius 2 is 1.50 bits per heavy atom. The van der Waals surface area contributed by atoms with E-state index in [-0.39, 0.29) is 19.1 Å². The fourth-order valence-corrected chi connectivity index (χ4v) is 3.00. The number of unbranched alkanes of at least 4 members (excludes halogenated alkanes) is 10. The topological polar surface area (TPSA) is 83.6 Å². The Hall–Kier alpha value is -1.36. The second-order valence-electron chi connectivity index (χ2n) is 7.13. The first-order valence-corrected chi connectivity index (χ1v) is 10.4. The van der Waals surface area contributed by atoms with Crippen molar-refractivity contribution in [2.75, 3.05) is 13.1 Å². The quantitative estimate of drug-likeness (QED) is 0.199. The van der Waals surface area contributed by atoms with Crippen molar-refractivity contribution in [1.29, 1.82) is 0 Å². The molecule has 0 saturated heterocycles. The van der Waals surface area contributed by atoms with Crippen LogP contribution in [0.3, 0.4) is 0 Å². The summed E-state index contributed by atoms with van der Waals surface area (Å²) in [7, 11) is 0. The molecule has 0 radical (unpaired) electrons. The van der Waals surface area contributed by atoms with Gasteiger partial charge in [0.05, 0.1) is 6.54 Å². The molecule has 3 N–H and O–H groups in total. The fraction of sp³-hybridized carbons (Fsp3) is 0.810. The number of aldehydes is 1. The van der Waals surface area contributed by atoms with E-state index in [0.29, 0.717) is 6.29 Å². The summed E-state index contributed by atoms with van der Waals surface area (Å²) in [6.07, 6.45) is 20.0. The molecule has 0 aliphatic carbocycles. The molecule has 0 saturated carbocycles. The highest BCUT2D eigenvalue weighted by Crippen LogP contribution is 2.11. The highest BCUT2D eigenvalue weighted by Gasteiger charge is 2.14. The zero-order valence-corrected chi connectivity index (χ0v) is 16.7. The number of carboxylic acid groups (broad SMARTS) is 1. The van der Waals surface area contributed by atoms with E-state index in [1.165, 1.54) is 57.8 Å². The molecular formula is C21H40N2O3. The zero-order valence-electron chi connectivity index (χ0n) is 16.7. The normalized spacial score (nSPS) is 12.4. The monoisotopic (exact) mass is 368 g/mol. The zero-order chi connectivity index (χ0) is 19.5. The van der Waals surface area contributed by atoms with E-state index in [1.54, 1.807) is 0 Å². The van der Waals surface area contributed by atoms with Crippen LogP contribution < -0.4 is 5.73 Å². The van der Waals surface area contributed by atoms with Gasteiger partial charge in [-0.25, -0.2) is 4.79 Å². The maximum Gasteiger partial charge on any atom is 0.407 e. The van der Waals surface area contributed by atoms with Crippen LogP contribution in [0.4, 0.5) is 4.79 Å². The predicted molar refractivity (Wildman–Crippen MR) is 108 cm³/mol. The minimum absolute atomic E-state index is 0.109. The number of hydrogen-bond acceptors (Lipinski definition) is 3. The molecule has 5 nitrogen and oxygen atoms in total. The minimum Gasteiger partial charge on any atom is -0.465 e. The molecular weight excluding hydrogens is 328 g/mol. The van der Waals surface area contributed by atoms with Crippen LogP contribution in [0.5, 0.6) is 0 Å². The van der Waals surface area contributed by atoms with E-state index in [1.807, 2.05) is 0 Å². The van der Waals surface area contributed by atoms with Crippen LogP contribution in [0, 0.1) is 0 Å². The van der Waals surface area contributed by atoms with Gasteiger partial charge in [-0.2, -0.15) is 0 Å². The van der Waals surface area contributed by atoms with Crippen LogP contribution in [0.25, 0.3) is 0 Å². The molecule has 0 aliphatic rings. The largest absolute Gasteiger partial charge is 0.465 e. The Balaban J connectivity index is 3.47. The summed E-state index contributed by atoms with van der Waals surface area (Å²) in [6, 6.07) is -0.211. The van der Waals surface area contributed by atoms with Gasteiger partial charge < -0.3 is 15.6 Å². The molecule has 1 atom stereocenters. The van der Waals surface area contributed by atoms with Crippen molar-refractivity contribution in [2.24, 2.45) is 5.73 Å². The van der Waals surface area contributed by atoms with Gasteiger partial charge in [-0.1, -0.05) is 70.4 Å². The minimum atomic E-state index is -1.09. The molecule has 26 heavy (non-hydrogen) atoms. The average molecular weight is 369 g/mol. The fourth-order valence-electron chi connectivity index (χ4n) is 3.00. The standard InChI is InChI=1S/C21H40N2O3/c1-2-3-4-5-6-7-8-9-10-11-12-13-14-15-16-20(22)19-23(17-18-24)21(25)26/h12-13,18,20H,2-11,14-17,19,22H2,1H3,(H,25,26)/b13-12-. The first kappa shape index (κ1) is 24.6. The molecule has 0 aromatic heterocycles. The van der Waals surface area contributed by atoms with Crippen molar-refractivity contribution in [2.45, 2.75) is 96.4 Å². The number of carbonyl (C=O) groups excluding carboxylic acids is 1. The van der Waals surface area contributed by atoms with Gasteiger partial charge >= 0.3 is 6.09 Å². The Morgan fingerprint density at radius 3 is 2.04 bits per heavy atom. The van der Waals surface area contributed by atoms with E-state index < -0.39 is 6.09 Å². The molecule has 0 aromatic carbocycles. The molecule has 1 unspecified atom stereocenters. The van der Waals surface area contributed by atoms with Crippen LogP contribution in [-0.2, 0) is 4.79 Å². The highest BCUT2D eigenvalue weighted by molar-refractivity contribution is 5.69. The van der Waals surface area contributed by atoms with Crippen molar-refractivity contribution >= 4 is 12.4 Å². The van der Waals surface area contributed by atoms with E-state index >= 15 is 0 Å². The maximum absolute atomic E-state index is 10.9. The third-order valence-electron chi connectivity index (χ3n) is 4.61. The molecule has 0 bridgehead atoms. The number of allylic oxidation sites excluding steroid dienone is 2. The third kappa shape index (κ3) is 16.1. The number of nitrogens with two attached hydrogens (primary N) is 1. The Kier molecular flexibility index (Phi) is 17.5. The number of rotatable bonds is 18. The van der Waals surface area contributed by atoms with E-state index in [2.05, 4.69) is 19.1 Å². The molecule has 0 fully saturated rings. The van der Waals surface area contributed by atoms with Gasteiger partial charge in [-0.15, -0.1) is 0 Å². The summed E-state index contributed by atoms with van der Waals surface area (Å²) >= 11 is 0. The smallest absolute Gasteiger partial charge is 0.407 e. The van der Waals surface area contributed by atoms with Crippen molar-refractivity contribution in [3.8, 4) is 0 Å². The van der Waals surface area contributed by atoms with Crippen LogP contribution >= 0.6 is 0 Å². The van der Waals surface area contributed by atoms with Crippen LogP contribution in [0.15, 0.2) is 12.2 Å². The second kappa shape index (κ2) is 18.4. The summed E-state index contributed by atoms with van der Waals surface area (Å²) in [4.78, 5) is 22.4. The van der Waals surface area contributed by atoms with Crippen molar-refractivity contribution in [1.82, 2.24) is 4.90 Å². The summed E-state index contributed by atoms with van der Waals surface area (Å²) in [5, 5.41) is 8.95. The number of amides is 1. The third-order valence-corrected chi connectivity index (χ3v) is 4.61. The summed E-state index contributed by atoms with van der Waals surface area (Å²) in [6.45, 7) is 2.36. The van der Waals surface area contributed by atoms with Gasteiger partial charge in [0.25, 0.3) is 0 Å². The number of hydrogen-bond donors (Lipinski definition) is 2. The van der Waals surface area contributed by atoms with E-state index in [4.69, 9.17) is 10.8 Å². The summed E-state index contributed by atoms with van der Waals surface area (Å²) in [5.41, 5.74) is 5.94. The van der Waals surface area contributed by atoms with Crippen molar-refractivity contribution < 1.29 is 14.7 Å². The second-order valence-corrected chi connectivity index (χ2v) is 7.13. The maximum atomic E-state index is 10.9. The first-order valence-electron chi connectivity index (χ1n) is 10.4. The molecule has 0 aliphatic heterocycles. The van der Waals surface area contributed by atoms with Gasteiger partial charge in [0.1, 0.15) is 6.29 Å². The van der Waals surface area contributed by atoms with Crippen LogP contribution in [0.2, 0.25) is 0 Å². The SMILES string of the molecule is CCCCCCCCCCC/C=C\CCCC(N)CN(CC=O)C(=O)O. The van der Waals surface area contributed by atoms with Gasteiger partial charge in [-0.05, 0) is 32.1 Å². The first-order chi connectivity index (χ1) is 12.6. The van der Waals surface area contributed by atoms with Gasteiger partial charge in [0.15, 0.2) is 0 Å². The molecule has 0 heterocycles. The lowest BCUT2D eigenvalue weighted by Gasteiger charge is -2.20. The van der Waals surface area contributed by atoms with E-state index in [9.17, 15) is 9.59 Å². The van der Waals surface area contributed by atoms with Crippen molar-refractivity contribution in [3.05, 3.63) is 12.2 Å². The van der Waals surface area contributed by atoms with Gasteiger partial charge in [0.2, 0.25) is 0 Å². The molecule has 0 rings (SSSR count). The van der Waals surface area contributed by atoms with Crippen LogP contribution in [-0.4, -0.2) is 41.5 Å². The molecule has 5 heteroatoms. The molecule has 0 spiro atoms. The molecule has 152 valence electrons. The summed E-state index contributed by atoms with van der Waals surface area (Å²) < 4.78 is 0. The number of carbonyl (C=O) groups is 2. The average Bonchev–Trinajstić information content (AvgIpc) is 2.61. The Labute approximate surface area is 160 Å². The van der Waals surface area contributed by atoms with Gasteiger partial charge in [0, 0.05) is 12.6 Å². The molecule has 0 aromatic rings.